The van der Waals surface area contributed by atoms with Gasteiger partial charge < -0.3 is 10.6 Å². The molecule has 0 spiro atoms. The number of rotatable bonds is 9. The number of nitrogens with one attached hydrogen (secondary N) is 2. The van der Waals surface area contributed by atoms with Crippen molar-refractivity contribution in [3.8, 4) is 11.8 Å². The lowest BCUT2D eigenvalue weighted by molar-refractivity contribution is 0.102. The monoisotopic (exact) mass is 453 g/mol. The molecule has 1 heterocycles. The molecule has 0 atom stereocenters. The minimum atomic E-state index is -0.122. The molecule has 0 bridgehead atoms. The Morgan fingerprint density at radius 1 is 1.09 bits per heavy atom. The lowest BCUT2D eigenvalue weighted by atomic mass is 10.0. The van der Waals surface area contributed by atoms with Gasteiger partial charge in [0.1, 0.15) is 0 Å². The second-order valence-corrected chi connectivity index (χ2v) is 9.38. The number of amides is 1. The Bertz CT molecular complexity index is 1190. The number of aryl methyl sites for hydroxylation is 1. The van der Waals surface area contributed by atoms with E-state index in [4.69, 9.17) is 4.98 Å². The van der Waals surface area contributed by atoms with Crippen LogP contribution in [0.15, 0.2) is 48.7 Å². The van der Waals surface area contributed by atoms with Gasteiger partial charge in [0.05, 0.1) is 5.52 Å². The molecule has 2 aromatic carbocycles. The van der Waals surface area contributed by atoms with Crippen molar-refractivity contribution in [3.05, 3.63) is 70.9 Å². The summed E-state index contributed by atoms with van der Waals surface area (Å²) in [6.45, 7) is 7.31. The van der Waals surface area contributed by atoms with E-state index in [0.29, 0.717) is 17.5 Å². The third kappa shape index (κ3) is 6.24. The zero-order chi connectivity index (χ0) is 23.9. The molecule has 1 aliphatic rings. The number of hydrogen-bond donors (Lipinski definition) is 2. The third-order valence-electron chi connectivity index (χ3n) is 6.42. The van der Waals surface area contributed by atoms with E-state index >= 15 is 0 Å². The lowest BCUT2D eigenvalue weighted by Gasteiger charge is -2.17. The third-order valence-corrected chi connectivity index (χ3v) is 6.42. The van der Waals surface area contributed by atoms with Crippen molar-refractivity contribution in [1.82, 2.24) is 10.3 Å². The Kier molecular flexibility index (Phi) is 7.98. The van der Waals surface area contributed by atoms with E-state index in [1.54, 1.807) is 0 Å². The molecule has 4 rings (SSSR count). The van der Waals surface area contributed by atoms with E-state index in [0.717, 1.165) is 34.3 Å². The Morgan fingerprint density at radius 2 is 1.82 bits per heavy atom. The fourth-order valence-corrected chi connectivity index (χ4v) is 4.25. The van der Waals surface area contributed by atoms with Crippen LogP contribution in [0, 0.1) is 24.7 Å². The highest BCUT2D eigenvalue weighted by atomic mass is 16.1. The zero-order valence-corrected chi connectivity index (χ0v) is 20.6. The Morgan fingerprint density at radius 3 is 2.50 bits per heavy atom. The number of hydrogen-bond acceptors (Lipinski definition) is 3. The largest absolute Gasteiger partial charge is 0.322 e. The van der Waals surface area contributed by atoms with Crippen LogP contribution in [-0.2, 0) is 6.54 Å². The van der Waals surface area contributed by atoms with E-state index in [9.17, 15) is 4.79 Å². The van der Waals surface area contributed by atoms with Crippen LogP contribution in [-0.4, -0.2) is 16.9 Å². The minimum Gasteiger partial charge on any atom is -0.322 e. The molecule has 4 heteroatoms. The SMILES string of the molecule is CCCC(CCC)NCc1cnc2c(C)c(NC(=O)c3ccc(C#CC4CC4)cc3)ccc2c1. The normalized spacial score (nSPS) is 13.1. The van der Waals surface area contributed by atoms with Gasteiger partial charge in [0, 0.05) is 46.9 Å². The topological polar surface area (TPSA) is 54.0 Å². The highest BCUT2D eigenvalue weighted by Crippen LogP contribution is 2.28. The number of benzene rings is 2. The number of anilines is 1. The van der Waals surface area contributed by atoms with Gasteiger partial charge in [-0.3, -0.25) is 9.78 Å². The summed E-state index contributed by atoms with van der Waals surface area (Å²) in [5.74, 6) is 6.89. The van der Waals surface area contributed by atoms with Gasteiger partial charge in [0.15, 0.2) is 0 Å². The molecular formula is C30H35N3O. The summed E-state index contributed by atoms with van der Waals surface area (Å²) in [6, 6.07) is 14.3. The van der Waals surface area contributed by atoms with Crippen molar-refractivity contribution in [2.24, 2.45) is 5.92 Å². The molecule has 3 aromatic rings. The molecule has 0 unspecified atom stereocenters. The van der Waals surface area contributed by atoms with Crippen LogP contribution in [0.25, 0.3) is 10.9 Å². The second kappa shape index (κ2) is 11.3. The van der Waals surface area contributed by atoms with Crippen molar-refractivity contribution < 1.29 is 4.79 Å². The molecular weight excluding hydrogens is 418 g/mol. The molecule has 1 amide bonds. The van der Waals surface area contributed by atoms with Crippen LogP contribution in [0.4, 0.5) is 5.69 Å². The van der Waals surface area contributed by atoms with Crippen LogP contribution in [0.5, 0.6) is 0 Å². The zero-order valence-electron chi connectivity index (χ0n) is 20.6. The van der Waals surface area contributed by atoms with Crippen LogP contribution in [0.3, 0.4) is 0 Å². The maximum Gasteiger partial charge on any atom is 0.255 e. The van der Waals surface area contributed by atoms with E-state index < -0.39 is 0 Å². The number of carbonyl (C=O) groups excluding carboxylic acids is 1. The molecule has 176 valence electrons. The Hall–Kier alpha value is -3.16. The summed E-state index contributed by atoms with van der Waals surface area (Å²) >= 11 is 0. The van der Waals surface area contributed by atoms with Gasteiger partial charge in [-0.05, 0) is 80.1 Å². The molecule has 0 radical (unpaired) electrons. The van der Waals surface area contributed by atoms with Gasteiger partial charge in [-0.15, -0.1) is 0 Å². The van der Waals surface area contributed by atoms with Crippen molar-refractivity contribution in [2.45, 2.75) is 71.9 Å². The standard InChI is InChI=1S/C30H35N3O/c1-4-6-27(7-5-2)31-19-24-18-26-16-17-28(21(3)29(26)32-20-24)33-30(34)25-14-12-23(13-15-25)11-10-22-8-9-22/h12-18,20,22,27,31H,4-9,19H2,1-3H3,(H,33,34). The van der Waals surface area contributed by atoms with E-state index in [2.05, 4.69) is 42.4 Å². The first kappa shape index (κ1) is 24.0. The summed E-state index contributed by atoms with van der Waals surface area (Å²) in [5, 5.41) is 7.83. The van der Waals surface area contributed by atoms with Gasteiger partial charge in [-0.2, -0.15) is 0 Å². The van der Waals surface area contributed by atoms with Crippen LogP contribution < -0.4 is 10.6 Å². The van der Waals surface area contributed by atoms with Crippen molar-refractivity contribution in [2.75, 3.05) is 5.32 Å². The molecule has 4 nitrogen and oxygen atoms in total. The maximum atomic E-state index is 12.8. The van der Waals surface area contributed by atoms with Gasteiger partial charge >= 0.3 is 0 Å². The predicted molar refractivity (Wildman–Crippen MR) is 141 cm³/mol. The van der Waals surface area contributed by atoms with Crippen LogP contribution >= 0.6 is 0 Å². The number of pyridine rings is 1. The van der Waals surface area contributed by atoms with Gasteiger partial charge in [0.25, 0.3) is 5.91 Å². The van der Waals surface area contributed by atoms with Gasteiger partial charge in [-0.25, -0.2) is 0 Å². The van der Waals surface area contributed by atoms with Crippen molar-refractivity contribution >= 4 is 22.5 Å². The summed E-state index contributed by atoms with van der Waals surface area (Å²) in [4.78, 5) is 17.6. The minimum absolute atomic E-state index is 0.122. The summed E-state index contributed by atoms with van der Waals surface area (Å²) in [7, 11) is 0. The van der Waals surface area contributed by atoms with Gasteiger partial charge in [0.2, 0.25) is 0 Å². The first-order chi connectivity index (χ1) is 16.6. The quantitative estimate of drug-likeness (QED) is 0.358. The average Bonchev–Trinajstić information content (AvgIpc) is 3.68. The Labute approximate surface area is 203 Å². The molecule has 1 aliphatic carbocycles. The number of nitrogens with zero attached hydrogens (tertiary/aromatic N) is 1. The first-order valence-electron chi connectivity index (χ1n) is 12.6. The number of fused-ring (bicyclic) bond motifs is 1. The average molecular weight is 454 g/mol. The highest BCUT2D eigenvalue weighted by molar-refractivity contribution is 6.06. The highest BCUT2D eigenvalue weighted by Gasteiger charge is 2.17. The van der Waals surface area contributed by atoms with E-state index in [1.807, 2.05) is 49.5 Å². The predicted octanol–water partition coefficient (Wildman–Crippen LogP) is 6.62. The lowest BCUT2D eigenvalue weighted by Crippen LogP contribution is -2.28. The number of aromatic nitrogens is 1. The van der Waals surface area contributed by atoms with E-state index in [1.165, 1.54) is 44.1 Å². The van der Waals surface area contributed by atoms with Crippen LogP contribution in [0.1, 0.15) is 79.4 Å². The molecule has 1 saturated carbocycles. The molecule has 0 saturated heterocycles. The summed E-state index contributed by atoms with van der Waals surface area (Å²) in [5.41, 5.74) is 5.46. The van der Waals surface area contributed by atoms with Gasteiger partial charge in [-0.1, -0.05) is 44.6 Å². The van der Waals surface area contributed by atoms with Crippen molar-refractivity contribution in [1.29, 1.82) is 0 Å². The number of carbonyl (C=O) groups is 1. The van der Waals surface area contributed by atoms with E-state index in [-0.39, 0.29) is 5.91 Å². The Balaban J connectivity index is 1.43. The second-order valence-electron chi connectivity index (χ2n) is 9.38. The maximum absolute atomic E-state index is 12.8. The molecule has 34 heavy (non-hydrogen) atoms. The van der Waals surface area contributed by atoms with Crippen molar-refractivity contribution in [3.63, 3.8) is 0 Å². The molecule has 1 aromatic heterocycles. The fourth-order valence-electron chi connectivity index (χ4n) is 4.25. The summed E-state index contributed by atoms with van der Waals surface area (Å²) < 4.78 is 0. The molecule has 0 aliphatic heterocycles. The summed E-state index contributed by atoms with van der Waals surface area (Å²) in [6.07, 6.45) is 9.17. The van der Waals surface area contributed by atoms with Crippen LogP contribution in [0.2, 0.25) is 0 Å². The smallest absolute Gasteiger partial charge is 0.255 e. The first-order valence-corrected chi connectivity index (χ1v) is 12.6. The molecule has 1 fully saturated rings. The fraction of sp³-hybridized carbons (Fsp3) is 0.400. The molecule has 2 N–H and O–H groups in total.